The monoisotopic (exact) mass is 187 g/mol. The second-order valence-electron chi connectivity index (χ2n) is 3.48. The maximum absolute atomic E-state index is 3.79. The number of tetrazole rings is 1. The molecule has 4 heteroatoms. The lowest BCUT2D eigenvalue weighted by molar-refractivity contribution is 0.867. The van der Waals surface area contributed by atoms with Crippen LogP contribution >= 0.6 is 0 Å². The van der Waals surface area contributed by atoms with Crippen molar-refractivity contribution >= 4 is 0 Å². The van der Waals surface area contributed by atoms with E-state index in [-0.39, 0.29) is 0 Å². The van der Waals surface area contributed by atoms with E-state index in [9.17, 15) is 0 Å². The van der Waals surface area contributed by atoms with Crippen LogP contribution in [0.15, 0.2) is 24.3 Å². The minimum Gasteiger partial charge on any atom is -0.330 e. The highest BCUT2D eigenvalue weighted by Crippen LogP contribution is 2.18. The fourth-order valence-corrected chi connectivity index (χ4v) is 1.28. The molecule has 0 aliphatic rings. The smallest absolute Gasteiger partial charge is 0.0397 e. The molecule has 0 atom stereocenters. The van der Waals surface area contributed by atoms with Crippen LogP contribution in [0.2, 0.25) is 0 Å². The van der Waals surface area contributed by atoms with Crippen molar-refractivity contribution in [2.45, 2.75) is 19.8 Å². The lowest BCUT2D eigenvalue weighted by Gasteiger charge is -2.06. The Morgan fingerprint density at radius 2 is 1.86 bits per heavy atom. The van der Waals surface area contributed by atoms with E-state index in [2.05, 4.69) is 46.6 Å². The predicted octanol–water partition coefficient (Wildman–Crippen LogP) is 1.62. The maximum Gasteiger partial charge on any atom is 0.0397 e. The van der Waals surface area contributed by atoms with Gasteiger partial charge in [-0.1, -0.05) is 38.1 Å². The van der Waals surface area contributed by atoms with E-state index in [4.69, 9.17) is 0 Å². The molecule has 0 saturated carbocycles. The molecule has 0 unspecified atom stereocenters. The fraction of sp³-hybridized carbons (Fsp3) is 0.300. The molecule has 0 fully saturated rings. The Kier molecular flexibility index (Phi) is 2.26. The van der Waals surface area contributed by atoms with Crippen molar-refractivity contribution in [3.05, 3.63) is 29.8 Å². The van der Waals surface area contributed by atoms with Crippen LogP contribution in [0, 0.1) is 0 Å². The summed E-state index contributed by atoms with van der Waals surface area (Å²) in [5.41, 5.74) is 2.26. The van der Waals surface area contributed by atoms with Crippen LogP contribution < -0.4 is 5.10 Å². The van der Waals surface area contributed by atoms with Gasteiger partial charge in [0.05, 0.1) is 0 Å². The molecule has 1 heterocycles. The van der Waals surface area contributed by atoms with Crippen molar-refractivity contribution in [2.24, 2.45) is 0 Å². The first-order valence-electron chi connectivity index (χ1n) is 4.56. The molecule has 1 aromatic heterocycles. The molecule has 0 amide bonds. The highest BCUT2D eigenvalue weighted by molar-refractivity contribution is 5.54. The summed E-state index contributed by atoms with van der Waals surface area (Å²) in [5.74, 6) is 1.13. The molecule has 0 saturated heterocycles. The minimum absolute atomic E-state index is 0.542. The number of benzene rings is 1. The van der Waals surface area contributed by atoms with Crippen molar-refractivity contribution in [1.82, 2.24) is 20.6 Å². The summed E-state index contributed by atoms with van der Waals surface area (Å²) in [5, 5.41) is 14.5. The van der Waals surface area contributed by atoms with Gasteiger partial charge in [0, 0.05) is 5.82 Å². The Morgan fingerprint density at radius 3 is 2.36 bits per heavy atom. The average molecular weight is 187 g/mol. The first-order valence-corrected chi connectivity index (χ1v) is 4.56. The average Bonchev–Trinajstić information content (AvgIpc) is 2.71. The molecule has 2 rings (SSSR count). The lowest BCUT2D eigenvalue weighted by Crippen LogP contribution is -1.88. The van der Waals surface area contributed by atoms with Crippen LogP contribution in [0.4, 0.5) is 0 Å². The van der Waals surface area contributed by atoms with Crippen LogP contribution in [0.25, 0.3) is 11.4 Å². The molecule has 0 aliphatic carbocycles. The molecule has 14 heavy (non-hydrogen) atoms. The third kappa shape index (κ3) is 1.64. The summed E-state index contributed by atoms with van der Waals surface area (Å²) in [4.78, 5) is 0. The summed E-state index contributed by atoms with van der Waals surface area (Å²) in [6.45, 7) is 4.33. The van der Waals surface area contributed by atoms with Gasteiger partial charge in [-0.3, -0.25) is 10.3 Å². The Bertz CT molecular complexity index is 389. The summed E-state index contributed by atoms with van der Waals surface area (Å²) in [7, 11) is 0. The Labute approximate surface area is 82.4 Å². The zero-order valence-corrected chi connectivity index (χ0v) is 8.18. The van der Waals surface area contributed by atoms with Gasteiger partial charge in [-0.2, -0.15) is 5.21 Å². The zero-order valence-electron chi connectivity index (χ0n) is 8.18. The van der Waals surface area contributed by atoms with Gasteiger partial charge in [0.1, 0.15) is 0 Å². The van der Waals surface area contributed by atoms with E-state index in [0.717, 1.165) is 5.56 Å². The second kappa shape index (κ2) is 3.57. The van der Waals surface area contributed by atoms with Crippen LogP contribution in [-0.2, 0) is 0 Å². The number of nitrogens with zero attached hydrogens (tertiary/aromatic N) is 4. The third-order valence-electron chi connectivity index (χ3n) is 2.15. The highest BCUT2D eigenvalue weighted by atomic mass is 15.5. The molecule has 0 spiro atoms. The van der Waals surface area contributed by atoms with Crippen LogP contribution in [0.1, 0.15) is 25.3 Å². The lowest BCUT2D eigenvalue weighted by atomic mass is 10.0. The first kappa shape index (κ1) is 8.87. The van der Waals surface area contributed by atoms with Crippen LogP contribution in [-0.4, -0.2) is 15.5 Å². The predicted molar refractivity (Wildman–Crippen MR) is 52.7 cm³/mol. The minimum atomic E-state index is 0.542. The molecule has 0 N–H and O–H groups in total. The van der Waals surface area contributed by atoms with Gasteiger partial charge in [-0.15, -0.1) is 0 Å². The number of rotatable bonds is 2. The second-order valence-corrected chi connectivity index (χ2v) is 3.48. The van der Waals surface area contributed by atoms with E-state index in [1.807, 2.05) is 12.1 Å². The SMILES string of the molecule is CC(C)c1ccc(-c2nnn[n-]2)cc1. The fourth-order valence-electron chi connectivity index (χ4n) is 1.28. The molecule has 0 aliphatic heterocycles. The van der Waals surface area contributed by atoms with E-state index in [1.54, 1.807) is 0 Å². The van der Waals surface area contributed by atoms with E-state index >= 15 is 0 Å². The summed E-state index contributed by atoms with van der Waals surface area (Å²) in [6.07, 6.45) is 0. The molecular weight excluding hydrogens is 176 g/mol. The maximum atomic E-state index is 3.79. The molecule has 0 radical (unpaired) electrons. The van der Waals surface area contributed by atoms with Crippen LogP contribution in [0.3, 0.4) is 0 Å². The van der Waals surface area contributed by atoms with Crippen molar-refractivity contribution in [1.29, 1.82) is 0 Å². The molecule has 2 aromatic rings. The van der Waals surface area contributed by atoms with Crippen molar-refractivity contribution in [3.63, 3.8) is 0 Å². The summed E-state index contributed by atoms with van der Waals surface area (Å²) in [6, 6.07) is 8.15. The molecule has 1 aromatic carbocycles. The third-order valence-corrected chi connectivity index (χ3v) is 2.15. The molecular formula is C10H11N4-. The quantitative estimate of drug-likeness (QED) is 0.716. The Hall–Kier alpha value is -1.71. The van der Waals surface area contributed by atoms with Gasteiger partial charge in [0.2, 0.25) is 0 Å². The zero-order chi connectivity index (χ0) is 9.97. The van der Waals surface area contributed by atoms with E-state index < -0.39 is 0 Å². The summed E-state index contributed by atoms with van der Waals surface area (Å²) < 4.78 is 0. The van der Waals surface area contributed by atoms with Crippen molar-refractivity contribution < 1.29 is 0 Å². The normalized spacial score (nSPS) is 10.8. The van der Waals surface area contributed by atoms with E-state index in [0.29, 0.717) is 11.7 Å². The van der Waals surface area contributed by atoms with Gasteiger partial charge < -0.3 is 5.10 Å². The van der Waals surface area contributed by atoms with E-state index in [1.165, 1.54) is 5.56 Å². The van der Waals surface area contributed by atoms with Gasteiger partial charge in [-0.25, -0.2) is 0 Å². The summed E-state index contributed by atoms with van der Waals surface area (Å²) >= 11 is 0. The molecule has 72 valence electrons. The Morgan fingerprint density at radius 1 is 1.14 bits per heavy atom. The number of hydrogen-bond donors (Lipinski definition) is 0. The number of hydrogen-bond acceptors (Lipinski definition) is 3. The first-order chi connectivity index (χ1) is 6.77. The van der Waals surface area contributed by atoms with Crippen molar-refractivity contribution in [2.75, 3.05) is 0 Å². The molecule has 0 bridgehead atoms. The van der Waals surface area contributed by atoms with Gasteiger partial charge in [0.15, 0.2) is 0 Å². The van der Waals surface area contributed by atoms with Crippen LogP contribution in [0.5, 0.6) is 0 Å². The van der Waals surface area contributed by atoms with Gasteiger partial charge in [-0.05, 0) is 17.0 Å². The molecule has 4 nitrogen and oxygen atoms in total. The standard InChI is InChI=1S/C10H11N4/c1-7(2)8-3-5-9(6-4-8)10-11-13-14-12-10/h3-7H,1-2H3/q-1. The highest BCUT2D eigenvalue weighted by Gasteiger charge is 1.99. The Balaban J connectivity index is 2.31. The number of aromatic nitrogens is 4. The van der Waals surface area contributed by atoms with Gasteiger partial charge in [0.25, 0.3) is 0 Å². The topological polar surface area (TPSA) is 52.8 Å². The largest absolute Gasteiger partial charge is 0.330 e. The van der Waals surface area contributed by atoms with Gasteiger partial charge >= 0.3 is 0 Å². The van der Waals surface area contributed by atoms with Crippen molar-refractivity contribution in [3.8, 4) is 11.4 Å².